The third kappa shape index (κ3) is 5.03. The molecule has 1 aromatic heterocycles. The van der Waals surface area contributed by atoms with Crippen molar-refractivity contribution in [3.05, 3.63) is 95.8 Å². The summed E-state index contributed by atoms with van der Waals surface area (Å²) in [6, 6.07) is 18.5. The van der Waals surface area contributed by atoms with E-state index in [1.54, 1.807) is 25.4 Å². The van der Waals surface area contributed by atoms with Gasteiger partial charge in [-0.05, 0) is 48.4 Å². The molecule has 1 unspecified atom stereocenters. The highest BCUT2D eigenvalue weighted by molar-refractivity contribution is 7.89. The zero-order valence-electron chi connectivity index (χ0n) is 15.4. The molecular weight excluding hydrogens is 374 g/mol. The number of amides is 1. The maximum Gasteiger partial charge on any atom is 0.251 e. The predicted molar refractivity (Wildman–Crippen MR) is 107 cm³/mol. The second kappa shape index (κ2) is 8.77. The van der Waals surface area contributed by atoms with Gasteiger partial charge >= 0.3 is 0 Å². The highest BCUT2D eigenvalue weighted by Gasteiger charge is 2.18. The van der Waals surface area contributed by atoms with Crippen molar-refractivity contribution in [1.82, 2.24) is 15.0 Å². The first-order valence-corrected chi connectivity index (χ1v) is 10.3. The Morgan fingerprint density at radius 3 is 2.36 bits per heavy atom. The first kappa shape index (κ1) is 19.7. The molecule has 3 rings (SSSR count). The van der Waals surface area contributed by atoms with E-state index in [0.29, 0.717) is 12.1 Å². The van der Waals surface area contributed by atoms with Crippen molar-refractivity contribution in [2.24, 2.45) is 0 Å². The van der Waals surface area contributed by atoms with E-state index in [1.165, 1.54) is 24.3 Å². The van der Waals surface area contributed by atoms with Gasteiger partial charge in [0.1, 0.15) is 0 Å². The number of nitrogens with zero attached hydrogens (tertiary/aromatic N) is 1. The van der Waals surface area contributed by atoms with Gasteiger partial charge in [0.25, 0.3) is 5.91 Å². The van der Waals surface area contributed by atoms with Crippen LogP contribution in [0.1, 0.15) is 34.5 Å². The molecule has 0 aliphatic carbocycles. The minimum absolute atomic E-state index is 0.110. The van der Waals surface area contributed by atoms with Crippen LogP contribution < -0.4 is 10.0 Å². The SMILES string of the molecule is CC(NS(=O)(=O)c1ccc(C(=O)NCc2cccnc2)cc1)c1ccccc1. The maximum absolute atomic E-state index is 12.6. The number of aromatic nitrogens is 1. The fraction of sp³-hybridized carbons (Fsp3) is 0.143. The topological polar surface area (TPSA) is 88.2 Å². The van der Waals surface area contributed by atoms with E-state index in [2.05, 4.69) is 15.0 Å². The lowest BCUT2D eigenvalue weighted by atomic mass is 10.1. The number of hydrogen-bond donors (Lipinski definition) is 2. The fourth-order valence-electron chi connectivity index (χ4n) is 2.68. The minimum atomic E-state index is -3.70. The lowest BCUT2D eigenvalue weighted by Crippen LogP contribution is -2.27. The van der Waals surface area contributed by atoms with Crippen LogP contribution in [0.4, 0.5) is 0 Å². The Kier molecular flexibility index (Phi) is 6.18. The molecule has 3 aromatic rings. The number of rotatable bonds is 7. The summed E-state index contributed by atoms with van der Waals surface area (Å²) in [6.07, 6.45) is 3.34. The lowest BCUT2D eigenvalue weighted by molar-refractivity contribution is 0.0951. The van der Waals surface area contributed by atoms with Crippen LogP contribution in [0, 0.1) is 0 Å². The number of carbonyl (C=O) groups excluding carboxylic acids is 1. The fourth-order valence-corrected chi connectivity index (χ4v) is 3.92. The van der Waals surface area contributed by atoms with Crippen LogP contribution in [0.25, 0.3) is 0 Å². The summed E-state index contributed by atoms with van der Waals surface area (Å²) >= 11 is 0. The van der Waals surface area contributed by atoms with Gasteiger partial charge in [0, 0.05) is 30.5 Å². The maximum atomic E-state index is 12.6. The molecule has 144 valence electrons. The van der Waals surface area contributed by atoms with Gasteiger partial charge in [0.2, 0.25) is 10.0 Å². The van der Waals surface area contributed by atoms with Crippen LogP contribution in [0.2, 0.25) is 0 Å². The summed E-state index contributed by atoms with van der Waals surface area (Å²) in [6.45, 7) is 2.13. The molecule has 1 atom stereocenters. The minimum Gasteiger partial charge on any atom is -0.348 e. The number of carbonyl (C=O) groups is 1. The van der Waals surface area contributed by atoms with E-state index in [0.717, 1.165) is 11.1 Å². The van der Waals surface area contributed by atoms with Gasteiger partial charge in [-0.1, -0.05) is 36.4 Å². The van der Waals surface area contributed by atoms with Crippen molar-refractivity contribution < 1.29 is 13.2 Å². The molecule has 2 aromatic carbocycles. The summed E-state index contributed by atoms with van der Waals surface area (Å²) in [5.41, 5.74) is 2.14. The standard InChI is InChI=1S/C21H21N3O3S/c1-16(18-7-3-2-4-8-18)24-28(26,27)20-11-9-19(10-12-20)21(25)23-15-17-6-5-13-22-14-17/h2-14,16,24H,15H2,1H3,(H,23,25). The van der Waals surface area contributed by atoms with Gasteiger partial charge in [-0.25, -0.2) is 13.1 Å². The molecule has 0 radical (unpaired) electrons. The van der Waals surface area contributed by atoms with Crippen LogP contribution >= 0.6 is 0 Å². The van der Waals surface area contributed by atoms with Crippen molar-refractivity contribution in [2.45, 2.75) is 24.4 Å². The zero-order valence-corrected chi connectivity index (χ0v) is 16.2. The van der Waals surface area contributed by atoms with Gasteiger partial charge in [-0.3, -0.25) is 9.78 Å². The number of sulfonamides is 1. The smallest absolute Gasteiger partial charge is 0.251 e. The normalized spacial score (nSPS) is 12.3. The van der Waals surface area contributed by atoms with Crippen molar-refractivity contribution in [2.75, 3.05) is 0 Å². The van der Waals surface area contributed by atoms with Crippen molar-refractivity contribution >= 4 is 15.9 Å². The molecule has 0 fully saturated rings. The summed E-state index contributed by atoms with van der Waals surface area (Å²) in [7, 11) is -3.70. The first-order valence-electron chi connectivity index (χ1n) is 8.80. The molecule has 1 amide bonds. The Morgan fingerprint density at radius 1 is 1.00 bits per heavy atom. The van der Waals surface area contributed by atoms with Gasteiger partial charge in [0.15, 0.2) is 0 Å². The van der Waals surface area contributed by atoms with E-state index < -0.39 is 10.0 Å². The molecule has 0 aliphatic heterocycles. The average Bonchev–Trinajstić information content (AvgIpc) is 2.73. The van der Waals surface area contributed by atoms with Crippen LogP contribution in [0.5, 0.6) is 0 Å². The first-order chi connectivity index (χ1) is 13.5. The molecule has 2 N–H and O–H groups in total. The summed E-state index contributed by atoms with van der Waals surface area (Å²) in [5, 5.41) is 2.78. The second-order valence-corrected chi connectivity index (χ2v) is 8.04. The van der Waals surface area contributed by atoms with Gasteiger partial charge < -0.3 is 5.32 Å². The molecule has 7 heteroatoms. The average molecular weight is 395 g/mol. The molecule has 0 saturated carbocycles. The Morgan fingerprint density at radius 2 is 1.71 bits per heavy atom. The number of benzene rings is 2. The van der Waals surface area contributed by atoms with Crippen LogP contribution in [-0.2, 0) is 16.6 Å². The third-order valence-electron chi connectivity index (χ3n) is 4.23. The van der Waals surface area contributed by atoms with E-state index in [1.807, 2.05) is 36.4 Å². The molecule has 0 aliphatic rings. The third-order valence-corrected chi connectivity index (χ3v) is 5.79. The Labute approximate surface area is 164 Å². The molecule has 28 heavy (non-hydrogen) atoms. The summed E-state index contributed by atoms with van der Waals surface area (Å²) in [5.74, 6) is -0.279. The molecule has 0 spiro atoms. The predicted octanol–water partition coefficient (Wildman–Crippen LogP) is 3.05. The molecule has 6 nitrogen and oxygen atoms in total. The van der Waals surface area contributed by atoms with E-state index in [-0.39, 0.29) is 16.8 Å². The van der Waals surface area contributed by atoms with Crippen LogP contribution in [0.15, 0.2) is 84.0 Å². The number of pyridine rings is 1. The van der Waals surface area contributed by atoms with Crippen LogP contribution in [-0.4, -0.2) is 19.3 Å². The van der Waals surface area contributed by atoms with E-state index >= 15 is 0 Å². The zero-order chi connectivity index (χ0) is 20.0. The Bertz CT molecular complexity index is 1020. The highest BCUT2D eigenvalue weighted by Crippen LogP contribution is 2.17. The van der Waals surface area contributed by atoms with Gasteiger partial charge in [-0.15, -0.1) is 0 Å². The second-order valence-electron chi connectivity index (χ2n) is 6.32. The summed E-state index contributed by atoms with van der Waals surface area (Å²) in [4.78, 5) is 16.3. The number of nitrogens with one attached hydrogen (secondary N) is 2. The van der Waals surface area contributed by atoms with E-state index in [9.17, 15) is 13.2 Å². The largest absolute Gasteiger partial charge is 0.348 e. The molecule has 1 heterocycles. The van der Waals surface area contributed by atoms with Gasteiger partial charge in [-0.2, -0.15) is 0 Å². The van der Waals surface area contributed by atoms with Crippen LogP contribution in [0.3, 0.4) is 0 Å². The lowest BCUT2D eigenvalue weighted by Gasteiger charge is -2.15. The Balaban J connectivity index is 1.65. The monoisotopic (exact) mass is 395 g/mol. The van der Waals surface area contributed by atoms with Crippen molar-refractivity contribution in [3.63, 3.8) is 0 Å². The Hall–Kier alpha value is -3.03. The highest BCUT2D eigenvalue weighted by atomic mass is 32.2. The molecule has 0 saturated heterocycles. The number of hydrogen-bond acceptors (Lipinski definition) is 4. The molecule has 0 bridgehead atoms. The quantitative estimate of drug-likeness (QED) is 0.644. The van der Waals surface area contributed by atoms with Gasteiger partial charge in [0.05, 0.1) is 4.90 Å². The molecular formula is C21H21N3O3S. The summed E-state index contributed by atoms with van der Waals surface area (Å²) < 4.78 is 27.8. The van der Waals surface area contributed by atoms with Crippen molar-refractivity contribution in [3.8, 4) is 0 Å². The van der Waals surface area contributed by atoms with Crippen molar-refractivity contribution in [1.29, 1.82) is 0 Å². The van der Waals surface area contributed by atoms with E-state index in [4.69, 9.17) is 0 Å².